The Hall–Kier alpha value is -1.36. The summed E-state index contributed by atoms with van der Waals surface area (Å²) in [5.74, 6) is 2.82. The largest absolute Gasteiger partial charge is 0.384 e. The predicted molar refractivity (Wildman–Crippen MR) is 77.0 cm³/mol. The van der Waals surface area contributed by atoms with E-state index in [-0.39, 0.29) is 0 Å². The molecule has 5 nitrogen and oxygen atoms in total. The van der Waals surface area contributed by atoms with E-state index in [9.17, 15) is 0 Å². The van der Waals surface area contributed by atoms with Gasteiger partial charge in [-0.2, -0.15) is 0 Å². The summed E-state index contributed by atoms with van der Waals surface area (Å²) in [6.07, 6.45) is 3.67. The van der Waals surface area contributed by atoms with Crippen molar-refractivity contribution in [3.8, 4) is 0 Å². The second-order valence-corrected chi connectivity index (χ2v) is 5.61. The van der Waals surface area contributed by atoms with Crippen LogP contribution in [0.5, 0.6) is 0 Å². The average Bonchev–Trinajstić information content (AvgIpc) is 3.13. The molecule has 1 aliphatic rings. The number of anilines is 2. The van der Waals surface area contributed by atoms with E-state index >= 15 is 0 Å². The molecule has 2 rings (SSSR count). The van der Waals surface area contributed by atoms with Crippen molar-refractivity contribution < 1.29 is 4.74 Å². The lowest BCUT2D eigenvalue weighted by Crippen LogP contribution is -2.29. The van der Waals surface area contributed by atoms with Gasteiger partial charge in [-0.15, -0.1) is 0 Å². The SMILES string of the molecule is COCc1nc(N)cc(N(CCC(C)C)C2CC2)n1. The highest BCUT2D eigenvalue weighted by Gasteiger charge is 2.30. The molecule has 0 bridgehead atoms. The minimum Gasteiger partial charge on any atom is -0.384 e. The van der Waals surface area contributed by atoms with Gasteiger partial charge in [-0.1, -0.05) is 13.8 Å². The summed E-state index contributed by atoms with van der Waals surface area (Å²) in [6.45, 7) is 5.93. The summed E-state index contributed by atoms with van der Waals surface area (Å²) >= 11 is 0. The van der Waals surface area contributed by atoms with Crippen molar-refractivity contribution in [1.29, 1.82) is 0 Å². The molecule has 1 aromatic heterocycles. The molecular formula is C14H24N4O. The van der Waals surface area contributed by atoms with E-state index in [0.717, 1.165) is 12.4 Å². The first-order valence-corrected chi connectivity index (χ1v) is 6.99. The van der Waals surface area contributed by atoms with Crippen LogP contribution >= 0.6 is 0 Å². The van der Waals surface area contributed by atoms with Crippen molar-refractivity contribution in [3.05, 3.63) is 11.9 Å². The Kier molecular flexibility index (Phi) is 4.58. The smallest absolute Gasteiger partial charge is 0.158 e. The molecule has 0 atom stereocenters. The number of nitrogens with zero attached hydrogens (tertiary/aromatic N) is 3. The molecule has 1 heterocycles. The van der Waals surface area contributed by atoms with Crippen LogP contribution in [-0.4, -0.2) is 29.7 Å². The highest BCUT2D eigenvalue weighted by Crippen LogP contribution is 2.31. The Balaban J connectivity index is 2.15. The molecule has 1 aliphatic carbocycles. The Morgan fingerprint density at radius 3 is 2.74 bits per heavy atom. The molecule has 5 heteroatoms. The van der Waals surface area contributed by atoms with Crippen molar-refractivity contribution in [2.24, 2.45) is 5.92 Å². The Morgan fingerprint density at radius 1 is 1.42 bits per heavy atom. The van der Waals surface area contributed by atoms with Crippen LogP contribution in [0, 0.1) is 5.92 Å². The van der Waals surface area contributed by atoms with Gasteiger partial charge >= 0.3 is 0 Å². The maximum Gasteiger partial charge on any atom is 0.158 e. The number of ether oxygens (including phenoxy) is 1. The minimum atomic E-state index is 0.403. The number of hydrogen-bond donors (Lipinski definition) is 1. The van der Waals surface area contributed by atoms with Crippen LogP contribution in [0.25, 0.3) is 0 Å². The summed E-state index contributed by atoms with van der Waals surface area (Å²) in [5.41, 5.74) is 5.87. The standard InChI is InChI=1S/C14H24N4O/c1-10(2)6-7-18(11-4-5-11)14-8-12(15)16-13(17-14)9-19-3/h8,10-11H,4-7,9H2,1-3H3,(H2,15,16,17). The van der Waals surface area contributed by atoms with Crippen LogP contribution in [0.1, 0.15) is 38.9 Å². The van der Waals surface area contributed by atoms with E-state index in [4.69, 9.17) is 10.5 Å². The van der Waals surface area contributed by atoms with Gasteiger partial charge in [-0.3, -0.25) is 0 Å². The van der Waals surface area contributed by atoms with Crippen LogP contribution in [-0.2, 0) is 11.3 Å². The van der Waals surface area contributed by atoms with Crippen molar-refractivity contribution in [2.75, 3.05) is 24.3 Å². The van der Waals surface area contributed by atoms with Crippen LogP contribution in [0.2, 0.25) is 0 Å². The summed E-state index contributed by atoms with van der Waals surface area (Å²) in [5, 5.41) is 0. The first-order valence-electron chi connectivity index (χ1n) is 6.99. The average molecular weight is 264 g/mol. The zero-order valence-corrected chi connectivity index (χ0v) is 12.1. The van der Waals surface area contributed by atoms with Gasteiger partial charge < -0.3 is 15.4 Å². The molecule has 0 saturated heterocycles. The predicted octanol–water partition coefficient (Wildman–Crippen LogP) is 2.22. The molecule has 0 spiro atoms. The molecule has 1 saturated carbocycles. The van der Waals surface area contributed by atoms with Gasteiger partial charge in [0.1, 0.15) is 18.2 Å². The van der Waals surface area contributed by atoms with E-state index in [1.165, 1.54) is 19.3 Å². The highest BCUT2D eigenvalue weighted by atomic mass is 16.5. The molecule has 0 unspecified atom stereocenters. The van der Waals surface area contributed by atoms with E-state index in [1.807, 2.05) is 6.07 Å². The zero-order valence-electron chi connectivity index (χ0n) is 12.1. The number of methoxy groups -OCH3 is 1. The van der Waals surface area contributed by atoms with Crippen LogP contribution < -0.4 is 10.6 Å². The van der Waals surface area contributed by atoms with Gasteiger partial charge in [0.25, 0.3) is 0 Å². The maximum atomic E-state index is 5.87. The highest BCUT2D eigenvalue weighted by molar-refractivity contribution is 5.48. The third-order valence-electron chi connectivity index (χ3n) is 3.28. The fourth-order valence-electron chi connectivity index (χ4n) is 2.11. The van der Waals surface area contributed by atoms with Crippen LogP contribution in [0.15, 0.2) is 6.07 Å². The van der Waals surface area contributed by atoms with Gasteiger partial charge in [0, 0.05) is 25.8 Å². The van der Waals surface area contributed by atoms with Crippen molar-refractivity contribution >= 4 is 11.6 Å². The van der Waals surface area contributed by atoms with E-state index in [0.29, 0.717) is 30.2 Å². The molecule has 0 aliphatic heterocycles. The quantitative estimate of drug-likeness (QED) is 0.818. The molecule has 0 amide bonds. The first-order chi connectivity index (χ1) is 9.10. The summed E-state index contributed by atoms with van der Waals surface area (Å²) in [6, 6.07) is 2.50. The molecule has 1 aromatic rings. The third kappa shape index (κ3) is 4.06. The molecular weight excluding hydrogens is 240 g/mol. The van der Waals surface area contributed by atoms with Gasteiger partial charge in [0.2, 0.25) is 0 Å². The molecule has 1 fully saturated rings. The van der Waals surface area contributed by atoms with Crippen LogP contribution in [0.4, 0.5) is 11.6 Å². The summed E-state index contributed by atoms with van der Waals surface area (Å²) < 4.78 is 5.09. The van der Waals surface area contributed by atoms with Crippen molar-refractivity contribution in [2.45, 2.75) is 45.8 Å². The fourth-order valence-corrected chi connectivity index (χ4v) is 2.11. The first kappa shape index (κ1) is 14.1. The monoisotopic (exact) mass is 264 g/mol. The lowest BCUT2D eigenvalue weighted by molar-refractivity contribution is 0.178. The number of nitrogen functional groups attached to an aromatic ring is 1. The maximum absolute atomic E-state index is 5.87. The normalized spacial score (nSPS) is 14.9. The van der Waals surface area contributed by atoms with E-state index in [2.05, 4.69) is 28.7 Å². The lowest BCUT2D eigenvalue weighted by Gasteiger charge is -2.25. The van der Waals surface area contributed by atoms with Crippen molar-refractivity contribution in [1.82, 2.24) is 9.97 Å². The Morgan fingerprint density at radius 2 is 2.16 bits per heavy atom. The number of hydrogen-bond acceptors (Lipinski definition) is 5. The fraction of sp³-hybridized carbons (Fsp3) is 0.714. The third-order valence-corrected chi connectivity index (χ3v) is 3.28. The zero-order chi connectivity index (χ0) is 13.8. The molecule has 0 radical (unpaired) electrons. The van der Waals surface area contributed by atoms with E-state index in [1.54, 1.807) is 7.11 Å². The van der Waals surface area contributed by atoms with Crippen molar-refractivity contribution in [3.63, 3.8) is 0 Å². The number of nitrogens with two attached hydrogens (primary N) is 1. The minimum absolute atomic E-state index is 0.403. The van der Waals surface area contributed by atoms with Gasteiger partial charge in [-0.05, 0) is 25.2 Å². The van der Waals surface area contributed by atoms with Gasteiger partial charge in [0.15, 0.2) is 5.82 Å². The Labute approximate surface area is 115 Å². The van der Waals surface area contributed by atoms with Gasteiger partial charge in [0.05, 0.1) is 0 Å². The molecule has 19 heavy (non-hydrogen) atoms. The lowest BCUT2D eigenvalue weighted by atomic mass is 10.1. The molecule has 0 aromatic carbocycles. The van der Waals surface area contributed by atoms with Crippen LogP contribution in [0.3, 0.4) is 0 Å². The second-order valence-electron chi connectivity index (χ2n) is 5.61. The Bertz CT molecular complexity index is 418. The number of rotatable bonds is 7. The van der Waals surface area contributed by atoms with E-state index < -0.39 is 0 Å². The summed E-state index contributed by atoms with van der Waals surface area (Å²) in [4.78, 5) is 11.1. The summed E-state index contributed by atoms with van der Waals surface area (Å²) in [7, 11) is 1.64. The number of aromatic nitrogens is 2. The second kappa shape index (κ2) is 6.19. The molecule has 2 N–H and O–H groups in total. The topological polar surface area (TPSA) is 64.3 Å². The molecule has 106 valence electrons. The van der Waals surface area contributed by atoms with Gasteiger partial charge in [-0.25, -0.2) is 9.97 Å².